The Bertz CT molecular complexity index is 635. The highest BCUT2D eigenvalue weighted by molar-refractivity contribution is 7.99. The van der Waals surface area contributed by atoms with Crippen LogP contribution < -0.4 is 10.1 Å². The minimum absolute atomic E-state index is 0. The number of hydrogen-bond donors (Lipinski definition) is 2. The summed E-state index contributed by atoms with van der Waals surface area (Å²) in [6, 6.07) is 5.65. The van der Waals surface area contributed by atoms with Crippen molar-refractivity contribution in [1.29, 1.82) is 5.41 Å². The zero-order valence-corrected chi connectivity index (χ0v) is 11.6. The molecule has 0 amide bonds. The maximum absolute atomic E-state index is 7.32. The lowest BCUT2D eigenvalue weighted by Gasteiger charge is -2.19. The van der Waals surface area contributed by atoms with Crippen molar-refractivity contribution in [1.82, 2.24) is 9.97 Å². The second-order valence-corrected chi connectivity index (χ2v) is 4.78. The van der Waals surface area contributed by atoms with E-state index in [1.807, 2.05) is 18.2 Å². The second kappa shape index (κ2) is 5.46. The van der Waals surface area contributed by atoms with Gasteiger partial charge < -0.3 is 10.1 Å². The molecular weight excluding hydrogens is 284 g/mol. The molecule has 0 bridgehead atoms. The molecule has 0 saturated carbocycles. The van der Waals surface area contributed by atoms with Crippen LogP contribution in [0.5, 0.6) is 5.75 Å². The predicted molar refractivity (Wildman–Crippen MR) is 77.2 cm³/mol. The van der Waals surface area contributed by atoms with E-state index in [1.165, 1.54) is 0 Å². The van der Waals surface area contributed by atoms with Crippen LogP contribution in [0, 0.1) is 5.41 Å². The molecule has 0 radical (unpaired) electrons. The molecule has 2 N–H and O–H groups in total. The first-order valence-corrected chi connectivity index (χ1v) is 6.17. The molecule has 0 spiro atoms. The van der Waals surface area contributed by atoms with E-state index >= 15 is 0 Å². The number of ether oxygens (including phenoxy) is 1. The normalized spacial score (nSPS) is 11.4. The Balaban J connectivity index is 0.00000133. The van der Waals surface area contributed by atoms with E-state index in [4.69, 9.17) is 10.1 Å². The molecule has 1 aromatic heterocycles. The van der Waals surface area contributed by atoms with Crippen molar-refractivity contribution in [2.24, 2.45) is 0 Å². The summed E-state index contributed by atoms with van der Waals surface area (Å²) in [5, 5.41) is 11.4. The summed E-state index contributed by atoms with van der Waals surface area (Å²) < 4.78 is 5.27. The smallest absolute Gasteiger partial charge is 0.184 e. The van der Waals surface area contributed by atoms with Gasteiger partial charge in [0.05, 0.1) is 5.69 Å². The van der Waals surface area contributed by atoms with E-state index < -0.39 is 0 Å². The number of nitrogens with one attached hydrogen (secondary N) is 2. The largest absolute Gasteiger partial charge is 0.444 e. The fraction of sp³-hybridized carbons (Fsp3) is 0.0833. The van der Waals surface area contributed by atoms with Crippen LogP contribution in [0.4, 0.5) is 11.5 Å². The Morgan fingerprint density at radius 3 is 2.89 bits per heavy atom. The lowest BCUT2D eigenvalue weighted by molar-refractivity contribution is 0.541. The Labute approximate surface area is 120 Å². The number of benzene rings is 1. The van der Waals surface area contributed by atoms with Crippen LogP contribution >= 0.6 is 24.2 Å². The zero-order valence-electron chi connectivity index (χ0n) is 10.0. The Morgan fingerprint density at radius 2 is 2.11 bits per heavy atom. The predicted octanol–water partition coefficient (Wildman–Crippen LogP) is 3.48. The number of hydrogen-bond acceptors (Lipinski definition) is 6. The quantitative estimate of drug-likeness (QED) is 0.531. The molecule has 98 valence electrons. The maximum Gasteiger partial charge on any atom is 0.184 e. The van der Waals surface area contributed by atoms with Gasteiger partial charge in [-0.25, -0.2) is 9.97 Å². The molecule has 0 saturated heterocycles. The molecule has 1 aliphatic rings. The minimum Gasteiger partial charge on any atom is -0.444 e. The monoisotopic (exact) mass is 294 g/mol. The summed E-state index contributed by atoms with van der Waals surface area (Å²) >= 11 is 1.56. The topological polar surface area (TPSA) is 70.9 Å². The Hall–Kier alpha value is -1.79. The molecule has 5 nitrogen and oxygen atoms in total. The SMILES string of the molecule is CC(=N)Oc1ccc2c(c1)Nc1nccnc1S2.Cl. The Kier molecular flexibility index (Phi) is 3.92. The number of rotatable bonds is 1. The van der Waals surface area contributed by atoms with Crippen LogP contribution in [-0.2, 0) is 0 Å². The van der Waals surface area contributed by atoms with Gasteiger partial charge in [-0.05, 0) is 12.1 Å². The van der Waals surface area contributed by atoms with E-state index in [0.29, 0.717) is 5.75 Å². The maximum atomic E-state index is 7.32. The summed E-state index contributed by atoms with van der Waals surface area (Å²) in [7, 11) is 0. The standard InChI is InChI=1S/C12H10N4OS.ClH/c1-7(13)17-8-2-3-10-9(6-8)16-11-12(18-10)15-5-4-14-11;/h2-6,13H,1H3,(H,14,16);1H. The molecule has 3 rings (SSSR count). The summed E-state index contributed by atoms with van der Waals surface area (Å²) in [4.78, 5) is 9.56. The Morgan fingerprint density at radius 1 is 1.32 bits per heavy atom. The van der Waals surface area contributed by atoms with Crippen LogP contribution in [0.3, 0.4) is 0 Å². The third kappa shape index (κ3) is 2.80. The lowest BCUT2D eigenvalue weighted by atomic mass is 10.3. The highest BCUT2D eigenvalue weighted by Crippen LogP contribution is 2.42. The van der Waals surface area contributed by atoms with E-state index in [2.05, 4.69) is 15.3 Å². The molecule has 0 fully saturated rings. The van der Waals surface area contributed by atoms with Gasteiger partial charge in [-0.2, -0.15) is 0 Å². The molecule has 19 heavy (non-hydrogen) atoms. The number of nitrogens with zero attached hydrogens (tertiary/aromatic N) is 2. The van der Waals surface area contributed by atoms with Crippen LogP contribution in [0.25, 0.3) is 0 Å². The molecule has 2 heterocycles. The average molecular weight is 295 g/mol. The number of halogens is 1. The van der Waals surface area contributed by atoms with Crippen molar-refractivity contribution < 1.29 is 4.74 Å². The van der Waals surface area contributed by atoms with Gasteiger partial charge in [0.15, 0.2) is 11.7 Å². The second-order valence-electron chi connectivity index (χ2n) is 3.75. The average Bonchev–Trinajstić information content (AvgIpc) is 2.35. The first kappa shape index (κ1) is 13.6. The number of fused-ring (bicyclic) bond motifs is 2. The third-order valence-electron chi connectivity index (χ3n) is 2.35. The fourth-order valence-corrected chi connectivity index (χ4v) is 2.53. The van der Waals surface area contributed by atoms with Crippen LogP contribution in [-0.4, -0.2) is 15.9 Å². The van der Waals surface area contributed by atoms with Crippen molar-refractivity contribution in [3.05, 3.63) is 30.6 Å². The van der Waals surface area contributed by atoms with Crippen LogP contribution in [0.1, 0.15) is 6.92 Å². The van der Waals surface area contributed by atoms with Crippen molar-refractivity contribution in [3.63, 3.8) is 0 Å². The van der Waals surface area contributed by atoms with Crippen molar-refractivity contribution in [2.45, 2.75) is 16.8 Å². The first-order chi connectivity index (χ1) is 8.72. The molecule has 0 unspecified atom stereocenters. The molecule has 2 aromatic rings. The van der Waals surface area contributed by atoms with Gasteiger partial charge in [0.1, 0.15) is 10.8 Å². The van der Waals surface area contributed by atoms with Crippen LogP contribution in [0.2, 0.25) is 0 Å². The first-order valence-electron chi connectivity index (χ1n) is 5.35. The van der Waals surface area contributed by atoms with Crippen molar-refractivity contribution in [2.75, 3.05) is 5.32 Å². The van der Waals surface area contributed by atoms with Gasteiger partial charge in [-0.1, -0.05) is 11.8 Å². The van der Waals surface area contributed by atoms with Gasteiger partial charge in [0.25, 0.3) is 0 Å². The van der Waals surface area contributed by atoms with Gasteiger partial charge in [-0.3, -0.25) is 5.41 Å². The highest BCUT2D eigenvalue weighted by atomic mass is 35.5. The summed E-state index contributed by atoms with van der Waals surface area (Å²) in [5.41, 5.74) is 0.923. The summed E-state index contributed by atoms with van der Waals surface area (Å²) in [6.45, 7) is 1.60. The summed E-state index contributed by atoms with van der Waals surface area (Å²) in [5.74, 6) is 1.55. The van der Waals surface area contributed by atoms with Crippen LogP contribution in [0.15, 0.2) is 40.5 Å². The minimum atomic E-state index is 0. The highest BCUT2D eigenvalue weighted by Gasteiger charge is 2.18. The van der Waals surface area contributed by atoms with Gasteiger partial charge in [0, 0.05) is 30.3 Å². The molecule has 1 aliphatic heterocycles. The lowest BCUT2D eigenvalue weighted by Crippen LogP contribution is -2.05. The fourth-order valence-electron chi connectivity index (χ4n) is 1.65. The zero-order chi connectivity index (χ0) is 12.5. The van der Waals surface area contributed by atoms with Gasteiger partial charge in [-0.15, -0.1) is 12.4 Å². The molecule has 0 aliphatic carbocycles. The van der Waals surface area contributed by atoms with E-state index in [1.54, 1.807) is 31.1 Å². The molecule has 0 atom stereocenters. The van der Waals surface area contributed by atoms with Gasteiger partial charge in [0.2, 0.25) is 0 Å². The molecule has 7 heteroatoms. The van der Waals surface area contributed by atoms with Gasteiger partial charge >= 0.3 is 0 Å². The number of aromatic nitrogens is 2. The van der Waals surface area contributed by atoms with E-state index in [0.717, 1.165) is 21.4 Å². The molecular formula is C12H11ClN4OS. The third-order valence-corrected chi connectivity index (χ3v) is 3.41. The molecule has 1 aromatic carbocycles. The van der Waals surface area contributed by atoms with E-state index in [9.17, 15) is 0 Å². The van der Waals surface area contributed by atoms with E-state index in [-0.39, 0.29) is 18.3 Å². The number of anilines is 2. The van der Waals surface area contributed by atoms with Crippen molar-refractivity contribution in [3.8, 4) is 5.75 Å². The summed E-state index contributed by atoms with van der Waals surface area (Å²) in [6.07, 6.45) is 3.33. The van der Waals surface area contributed by atoms with Crippen molar-refractivity contribution >= 4 is 41.6 Å².